The Morgan fingerprint density at radius 3 is 2.21 bits per heavy atom. The Kier molecular flexibility index (Phi) is 4.82. The Hall–Kier alpha value is -2.57. The molecule has 0 unspecified atom stereocenters. The van der Waals surface area contributed by atoms with Crippen LogP contribution in [0.5, 0.6) is 0 Å². The highest BCUT2D eigenvalue weighted by atomic mass is 19.4. The first-order chi connectivity index (χ1) is 11.1. The van der Waals surface area contributed by atoms with E-state index < -0.39 is 23.7 Å². The van der Waals surface area contributed by atoms with Crippen LogP contribution in [0.3, 0.4) is 0 Å². The van der Waals surface area contributed by atoms with E-state index in [0.29, 0.717) is 0 Å². The van der Waals surface area contributed by atoms with Crippen LogP contribution in [0.25, 0.3) is 0 Å². The van der Waals surface area contributed by atoms with Gasteiger partial charge in [0, 0.05) is 18.7 Å². The van der Waals surface area contributed by atoms with Crippen LogP contribution in [-0.4, -0.2) is 17.7 Å². The largest absolute Gasteiger partial charge is 0.448 e. The van der Waals surface area contributed by atoms with Gasteiger partial charge in [-0.05, 0) is 44.2 Å². The van der Waals surface area contributed by atoms with Gasteiger partial charge in [-0.15, -0.1) is 0 Å². The number of hydrogen-bond donors (Lipinski definition) is 0. The molecular formula is C17H16F3NO3. The Balaban J connectivity index is 2.42. The molecule has 0 saturated carbocycles. The number of ketones is 1. The van der Waals surface area contributed by atoms with E-state index in [2.05, 4.69) is 0 Å². The molecule has 0 aliphatic carbocycles. The van der Waals surface area contributed by atoms with Crippen LogP contribution >= 0.6 is 0 Å². The minimum atomic E-state index is -4.51. The summed E-state index contributed by atoms with van der Waals surface area (Å²) in [7, 11) is 0. The van der Waals surface area contributed by atoms with Crippen LogP contribution in [0, 0.1) is 0 Å². The summed E-state index contributed by atoms with van der Waals surface area (Å²) in [5.41, 5.74) is -0.743. The van der Waals surface area contributed by atoms with E-state index in [9.17, 15) is 22.8 Å². The summed E-state index contributed by atoms with van der Waals surface area (Å²) in [5.74, 6) is -1.04. The zero-order valence-corrected chi connectivity index (χ0v) is 13.3. The number of carbonyl (C=O) groups excluding carboxylic acids is 2. The molecule has 0 radical (unpaired) electrons. The van der Waals surface area contributed by atoms with E-state index >= 15 is 0 Å². The third-order valence-electron chi connectivity index (χ3n) is 3.35. The number of amides is 1. The molecular weight excluding hydrogens is 323 g/mol. The number of alkyl halides is 3. The monoisotopic (exact) mass is 339 g/mol. The van der Waals surface area contributed by atoms with E-state index in [1.807, 2.05) is 0 Å². The van der Waals surface area contributed by atoms with E-state index in [1.54, 1.807) is 13.8 Å². The first kappa shape index (κ1) is 17.8. The molecule has 1 amide bonds. The second-order valence-electron chi connectivity index (χ2n) is 5.54. The summed E-state index contributed by atoms with van der Waals surface area (Å²) < 4.78 is 43.9. The molecule has 7 heteroatoms. The number of Topliss-reactive ketones (excluding diaryl/α,β-unsaturated/α-hetero) is 1. The minimum Gasteiger partial charge on any atom is -0.448 e. The lowest BCUT2D eigenvalue weighted by Crippen LogP contribution is -2.37. The summed E-state index contributed by atoms with van der Waals surface area (Å²) in [5, 5.41) is 0. The topological polar surface area (TPSA) is 50.5 Å². The van der Waals surface area contributed by atoms with Gasteiger partial charge >= 0.3 is 6.18 Å². The van der Waals surface area contributed by atoms with Crippen LogP contribution in [0.15, 0.2) is 40.8 Å². The van der Waals surface area contributed by atoms with Crippen molar-refractivity contribution >= 4 is 17.4 Å². The maximum atomic E-state index is 12.9. The Morgan fingerprint density at radius 2 is 1.71 bits per heavy atom. The average Bonchev–Trinajstić information content (AvgIpc) is 2.96. The second kappa shape index (κ2) is 6.51. The molecule has 2 aromatic rings. The van der Waals surface area contributed by atoms with Crippen molar-refractivity contribution in [1.82, 2.24) is 0 Å². The molecule has 0 N–H and O–H groups in total. The highest BCUT2D eigenvalue weighted by molar-refractivity contribution is 6.05. The van der Waals surface area contributed by atoms with Crippen LogP contribution in [-0.2, 0) is 6.18 Å². The lowest BCUT2D eigenvalue weighted by atomic mass is 10.1. The quantitative estimate of drug-likeness (QED) is 0.768. The predicted octanol–water partition coefficient (Wildman–Crippen LogP) is 4.56. The summed E-state index contributed by atoms with van der Waals surface area (Å²) >= 11 is 0. The van der Waals surface area contributed by atoms with Gasteiger partial charge in [0.15, 0.2) is 17.3 Å². The molecule has 2 rings (SSSR count). The normalized spacial score (nSPS) is 11.6. The number of hydrogen-bond acceptors (Lipinski definition) is 3. The summed E-state index contributed by atoms with van der Waals surface area (Å²) in [6, 6.07) is 6.79. The summed E-state index contributed by atoms with van der Waals surface area (Å²) in [6.07, 6.45) is -4.51. The lowest BCUT2D eigenvalue weighted by molar-refractivity contribution is -0.137. The average molecular weight is 339 g/mol. The van der Waals surface area contributed by atoms with Crippen molar-refractivity contribution < 1.29 is 27.2 Å². The Labute approximate surface area is 136 Å². The van der Waals surface area contributed by atoms with E-state index in [0.717, 1.165) is 12.1 Å². The SMILES string of the molecule is CC(=O)c1ccc(C(=O)N(c2cccc(C(F)(F)F)c2)C(C)C)o1. The Bertz CT molecular complexity index is 762. The van der Waals surface area contributed by atoms with Crippen molar-refractivity contribution in [2.75, 3.05) is 4.90 Å². The van der Waals surface area contributed by atoms with Crippen molar-refractivity contribution in [3.8, 4) is 0 Å². The zero-order valence-electron chi connectivity index (χ0n) is 13.3. The first-order valence-electron chi connectivity index (χ1n) is 7.23. The van der Waals surface area contributed by atoms with Gasteiger partial charge in [0.05, 0.1) is 5.56 Å². The van der Waals surface area contributed by atoms with Gasteiger partial charge in [0.2, 0.25) is 0 Å². The second-order valence-corrected chi connectivity index (χ2v) is 5.54. The predicted molar refractivity (Wildman–Crippen MR) is 82.1 cm³/mol. The molecule has 128 valence electrons. The maximum absolute atomic E-state index is 12.9. The molecule has 0 fully saturated rings. The number of anilines is 1. The molecule has 0 aliphatic rings. The number of halogens is 3. The Morgan fingerprint density at radius 1 is 1.08 bits per heavy atom. The minimum absolute atomic E-state index is 0.0195. The van der Waals surface area contributed by atoms with Crippen molar-refractivity contribution in [2.45, 2.75) is 33.0 Å². The number of furan rings is 1. The first-order valence-corrected chi connectivity index (χ1v) is 7.23. The molecule has 0 bridgehead atoms. The van der Waals surface area contributed by atoms with Crippen molar-refractivity contribution in [2.24, 2.45) is 0 Å². The molecule has 1 heterocycles. The fraction of sp³-hybridized carbons (Fsp3) is 0.294. The number of carbonyl (C=O) groups is 2. The van der Waals surface area contributed by atoms with Crippen LogP contribution in [0.4, 0.5) is 18.9 Å². The summed E-state index contributed by atoms with van der Waals surface area (Å²) in [4.78, 5) is 25.1. The third kappa shape index (κ3) is 3.67. The molecule has 1 aromatic carbocycles. The van der Waals surface area contributed by atoms with Crippen LogP contribution in [0.1, 0.15) is 47.4 Å². The van der Waals surface area contributed by atoms with Crippen molar-refractivity contribution in [3.63, 3.8) is 0 Å². The van der Waals surface area contributed by atoms with Gasteiger partial charge in [-0.25, -0.2) is 0 Å². The molecule has 24 heavy (non-hydrogen) atoms. The fourth-order valence-corrected chi connectivity index (χ4v) is 2.24. The van der Waals surface area contributed by atoms with Gasteiger partial charge in [-0.1, -0.05) is 6.07 Å². The van der Waals surface area contributed by atoms with E-state index in [1.165, 1.54) is 36.1 Å². The molecule has 1 aromatic heterocycles. The van der Waals surface area contributed by atoms with Gasteiger partial charge in [0.1, 0.15) is 0 Å². The lowest BCUT2D eigenvalue weighted by Gasteiger charge is -2.26. The number of benzene rings is 1. The molecule has 0 aliphatic heterocycles. The van der Waals surface area contributed by atoms with Crippen LogP contribution in [0.2, 0.25) is 0 Å². The van der Waals surface area contributed by atoms with Gasteiger partial charge < -0.3 is 9.32 Å². The number of rotatable bonds is 4. The summed E-state index contributed by atoms with van der Waals surface area (Å²) in [6.45, 7) is 4.64. The fourth-order valence-electron chi connectivity index (χ4n) is 2.24. The van der Waals surface area contributed by atoms with E-state index in [4.69, 9.17) is 4.42 Å². The molecule has 0 spiro atoms. The molecule has 0 atom stereocenters. The van der Waals surface area contributed by atoms with Gasteiger partial charge in [0.25, 0.3) is 5.91 Å². The zero-order chi connectivity index (χ0) is 18.1. The van der Waals surface area contributed by atoms with Crippen molar-refractivity contribution in [3.05, 3.63) is 53.5 Å². The molecule has 4 nitrogen and oxygen atoms in total. The number of nitrogens with zero attached hydrogens (tertiary/aromatic N) is 1. The van der Waals surface area contributed by atoms with Crippen molar-refractivity contribution in [1.29, 1.82) is 0 Å². The standard InChI is InChI=1S/C17H16F3NO3/c1-10(2)21(13-6-4-5-12(9-13)17(18,19)20)16(23)15-8-7-14(24-15)11(3)22/h4-10H,1-3H3. The van der Waals surface area contributed by atoms with Gasteiger partial charge in [-0.2, -0.15) is 13.2 Å². The smallest absolute Gasteiger partial charge is 0.416 e. The maximum Gasteiger partial charge on any atom is 0.416 e. The molecule has 0 saturated heterocycles. The highest BCUT2D eigenvalue weighted by Gasteiger charge is 2.32. The van der Waals surface area contributed by atoms with E-state index in [-0.39, 0.29) is 23.0 Å². The third-order valence-corrected chi connectivity index (χ3v) is 3.35. The van der Waals surface area contributed by atoms with Crippen LogP contribution < -0.4 is 4.90 Å². The van der Waals surface area contributed by atoms with Gasteiger partial charge in [-0.3, -0.25) is 9.59 Å². The highest BCUT2D eigenvalue weighted by Crippen LogP contribution is 2.32.